The highest BCUT2D eigenvalue weighted by Crippen LogP contribution is 2.43. The van der Waals surface area contributed by atoms with Gasteiger partial charge in [0.15, 0.2) is 0 Å². The van der Waals surface area contributed by atoms with Gasteiger partial charge in [-0.15, -0.1) is 0 Å². The zero-order valence-corrected chi connectivity index (χ0v) is 18.6. The Balaban J connectivity index is 2.06. The lowest BCUT2D eigenvalue weighted by Gasteiger charge is -2.24. The van der Waals surface area contributed by atoms with E-state index < -0.39 is 0 Å². The second-order valence-corrected chi connectivity index (χ2v) is 8.16. The molecule has 1 aliphatic carbocycles. The summed E-state index contributed by atoms with van der Waals surface area (Å²) in [4.78, 5) is 11.4. The molecule has 1 fully saturated rings. The van der Waals surface area contributed by atoms with Gasteiger partial charge in [-0.2, -0.15) is 0 Å². The Labute approximate surface area is 179 Å². The standard InChI is InChI=1S/C26H43NO2/c1-2-3-19-26(21-16-17-22-26)20-15-13-11-9-7-5-4-6-8-10-12-14-18-25(29)27-23-24-28/h4-5,8-11,15,20,28H,2-3,6-7,12-14,16-19,21-24H2,1H3,(H,27,29)/b5-4-,10-8-,11-9-,20-15-. The van der Waals surface area contributed by atoms with Crippen LogP contribution in [0.4, 0.5) is 0 Å². The summed E-state index contributed by atoms with van der Waals surface area (Å²) in [6.07, 6.45) is 33.1. The monoisotopic (exact) mass is 401 g/mol. The van der Waals surface area contributed by atoms with Gasteiger partial charge in [-0.3, -0.25) is 4.79 Å². The highest BCUT2D eigenvalue weighted by molar-refractivity contribution is 5.75. The van der Waals surface area contributed by atoms with E-state index in [9.17, 15) is 4.79 Å². The van der Waals surface area contributed by atoms with Crippen molar-refractivity contribution in [1.82, 2.24) is 5.32 Å². The maximum absolute atomic E-state index is 11.4. The molecule has 0 saturated heterocycles. The topological polar surface area (TPSA) is 49.3 Å². The Bertz CT molecular complexity index is 525. The molecular formula is C26H43NO2. The third kappa shape index (κ3) is 13.3. The number of amides is 1. The number of hydrogen-bond acceptors (Lipinski definition) is 2. The maximum atomic E-state index is 11.4. The van der Waals surface area contributed by atoms with Crippen molar-refractivity contribution in [2.45, 2.75) is 90.4 Å². The summed E-state index contributed by atoms with van der Waals surface area (Å²) in [6.45, 7) is 2.65. The molecular weight excluding hydrogens is 358 g/mol. The number of unbranched alkanes of at least 4 members (excludes halogenated alkanes) is 2. The summed E-state index contributed by atoms with van der Waals surface area (Å²) in [7, 11) is 0. The minimum Gasteiger partial charge on any atom is -0.395 e. The molecule has 0 aliphatic heterocycles. The number of aliphatic hydroxyl groups excluding tert-OH is 1. The second kappa shape index (κ2) is 17.3. The number of hydrogen-bond donors (Lipinski definition) is 2. The molecule has 1 saturated carbocycles. The van der Waals surface area contributed by atoms with Gasteiger partial charge in [0.05, 0.1) is 6.61 Å². The number of carbonyl (C=O) groups excluding carboxylic acids is 1. The number of nitrogens with one attached hydrogen (secondary N) is 1. The highest BCUT2D eigenvalue weighted by atomic mass is 16.3. The van der Waals surface area contributed by atoms with E-state index in [1.165, 1.54) is 44.9 Å². The SMILES string of the molecule is CCCCC1(/C=C\C/C=C\C/C=C\C/C=C\CCCC(=O)NCCO)CCCC1. The van der Waals surface area contributed by atoms with Crippen molar-refractivity contribution < 1.29 is 9.90 Å². The first-order chi connectivity index (χ1) is 14.2. The Kier molecular flexibility index (Phi) is 15.1. The smallest absolute Gasteiger partial charge is 0.220 e. The van der Waals surface area contributed by atoms with Crippen LogP contribution in [-0.4, -0.2) is 24.2 Å². The zero-order valence-electron chi connectivity index (χ0n) is 18.6. The normalized spacial score (nSPS) is 16.8. The molecule has 164 valence electrons. The zero-order chi connectivity index (χ0) is 21.0. The van der Waals surface area contributed by atoms with E-state index in [-0.39, 0.29) is 12.5 Å². The fourth-order valence-corrected chi connectivity index (χ4v) is 3.92. The second-order valence-electron chi connectivity index (χ2n) is 8.16. The van der Waals surface area contributed by atoms with E-state index in [2.05, 4.69) is 60.8 Å². The van der Waals surface area contributed by atoms with Gasteiger partial charge in [0.1, 0.15) is 0 Å². The van der Waals surface area contributed by atoms with Crippen molar-refractivity contribution in [3.8, 4) is 0 Å². The average Bonchev–Trinajstić information content (AvgIpc) is 3.20. The van der Waals surface area contributed by atoms with Gasteiger partial charge in [0.2, 0.25) is 5.91 Å². The predicted octanol–water partition coefficient (Wildman–Crippen LogP) is 6.41. The lowest BCUT2D eigenvalue weighted by molar-refractivity contribution is -0.121. The fourth-order valence-electron chi connectivity index (χ4n) is 3.92. The molecule has 0 heterocycles. The Hall–Kier alpha value is -1.61. The van der Waals surface area contributed by atoms with Crippen molar-refractivity contribution in [2.24, 2.45) is 5.41 Å². The van der Waals surface area contributed by atoms with Crippen molar-refractivity contribution in [2.75, 3.05) is 13.2 Å². The molecule has 29 heavy (non-hydrogen) atoms. The molecule has 0 radical (unpaired) electrons. The Morgan fingerprint density at radius 3 is 2.17 bits per heavy atom. The predicted molar refractivity (Wildman–Crippen MR) is 125 cm³/mol. The summed E-state index contributed by atoms with van der Waals surface area (Å²) in [5, 5.41) is 11.3. The molecule has 2 N–H and O–H groups in total. The lowest BCUT2D eigenvalue weighted by Crippen LogP contribution is -2.25. The van der Waals surface area contributed by atoms with Gasteiger partial charge < -0.3 is 10.4 Å². The van der Waals surface area contributed by atoms with Crippen molar-refractivity contribution in [1.29, 1.82) is 0 Å². The average molecular weight is 402 g/mol. The van der Waals surface area contributed by atoms with Gasteiger partial charge in [-0.1, -0.05) is 81.2 Å². The first kappa shape index (κ1) is 25.4. The van der Waals surface area contributed by atoms with Crippen LogP contribution in [-0.2, 0) is 4.79 Å². The Morgan fingerprint density at radius 1 is 0.931 bits per heavy atom. The molecule has 3 heteroatoms. The summed E-state index contributed by atoms with van der Waals surface area (Å²) < 4.78 is 0. The van der Waals surface area contributed by atoms with Gasteiger partial charge in [0, 0.05) is 13.0 Å². The largest absolute Gasteiger partial charge is 0.395 e. The van der Waals surface area contributed by atoms with Crippen LogP contribution in [0.3, 0.4) is 0 Å². The number of rotatable bonds is 16. The third-order valence-electron chi connectivity index (χ3n) is 5.62. The van der Waals surface area contributed by atoms with Crippen LogP contribution in [0, 0.1) is 5.41 Å². The van der Waals surface area contributed by atoms with E-state index in [1.807, 2.05) is 0 Å². The number of allylic oxidation sites excluding steroid dienone is 8. The molecule has 1 aliphatic rings. The van der Waals surface area contributed by atoms with Gasteiger partial charge in [-0.25, -0.2) is 0 Å². The molecule has 3 nitrogen and oxygen atoms in total. The molecule has 0 bridgehead atoms. The summed E-state index contributed by atoms with van der Waals surface area (Å²) >= 11 is 0. The molecule has 0 aromatic rings. The van der Waals surface area contributed by atoms with E-state index in [0.717, 1.165) is 32.1 Å². The minimum atomic E-state index is 0.00358. The number of aliphatic hydroxyl groups is 1. The third-order valence-corrected chi connectivity index (χ3v) is 5.62. The first-order valence-corrected chi connectivity index (χ1v) is 11.7. The molecule has 0 atom stereocenters. The van der Waals surface area contributed by atoms with E-state index in [1.54, 1.807) is 0 Å². The minimum absolute atomic E-state index is 0.00358. The van der Waals surface area contributed by atoms with Gasteiger partial charge >= 0.3 is 0 Å². The molecule has 0 aromatic carbocycles. The van der Waals surface area contributed by atoms with E-state index in [4.69, 9.17) is 5.11 Å². The molecule has 0 spiro atoms. The van der Waals surface area contributed by atoms with Crippen molar-refractivity contribution in [3.63, 3.8) is 0 Å². The summed E-state index contributed by atoms with van der Waals surface area (Å²) in [5.41, 5.74) is 0.513. The Morgan fingerprint density at radius 2 is 1.55 bits per heavy atom. The lowest BCUT2D eigenvalue weighted by atomic mass is 9.80. The quantitative estimate of drug-likeness (QED) is 0.232. The molecule has 1 amide bonds. The maximum Gasteiger partial charge on any atom is 0.220 e. The van der Waals surface area contributed by atoms with Crippen LogP contribution in [0.25, 0.3) is 0 Å². The van der Waals surface area contributed by atoms with Crippen LogP contribution in [0.5, 0.6) is 0 Å². The van der Waals surface area contributed by atoms with Crippen LogP contribution in [0.2, 0.25) is 0 Å². The summed E-state index contributed by atoms with van der Waals surface area (Å²) in [5.74, 6) is 0.0216. The molecule has 0 aromatic heterocycles. The van der Waals surface area contributed by atoms with E-state index in [0.29, 0.717) is 18.4 Å². The molecule has 1 rings (SSSR count). The van der Waals surface area contributed by atoms with Gasteiger partial charge in [-0.05, 0) is 56.8 Å². The molecule has 0 unspecified atom stereocenters. The van der Waals surface area contributed by atoms with Crippen LogP contribution in [0.15, 0.2) is 48.6 Å². The van der Waals surface area contributed by atoms with Crippen LogP contribution < -0.4 is 5.32 Å². The van der Waals surface area contributed by atoms with Crippen molar-refractivity contribution in [3.05, 3.63) is 48.6 Å². The van der Waals surface area contributed by atoms with Gasteiger partial charge in [0.25, 0.3) is 0 Å². The fraction of sp³-hybridized carbons (Fsp3) is 0.654. The summed E-state index contributed by atoms with van der Waals surface area (Å²) in [6, 6.07) is 0. The first-order valence-electron chi connectivity index (χ1n) is 11.7. The number of carbonyl (C=O) groups is 1. The van der Waals surface area contributed by atoms with Crippen LogP contribution >= 0.6 is 0 Å². The van der Waals surface area contributed by atoms with E-state index >= 15 is 0 Å². The van der Waals surface area contributed by atoms with Crippen molar-refractivity contribution >= 4 is 5.91 Å². The highest BCUT2D eigenvalue weighted by Gasteiger charge is 2.29. The van der Waals surface area contributed by atoms with Crippen LogP contribution in [0.1, 0.15) is 90.4 Å².